The van der Waals surface area contributed by atoms with Crippen LogP contribution in [-0.2, 0) is 53.2 Å². The Morgan fingerprint density at radius 3 is 2.02 bits per heavy atom. The molecule has 0 unspecified atom stereocenters. The number of nitrogens with one attached hydrogen (secondary N) is 7. The largest absolute Gasteiger partial charge is 0.494 e. The number of carboxylic acid groups (broad SMARTS) is 1. The zero-order valence-electron chi connectivity index (χ0n) is 39.4. The van der Waals surface area contributed by atoms with E-state index in [0.717, 1.165) is 5.56 Å². The maximum Gasteiger partial charge on any atom is 0.408 e. The van der Waals surface area contributed by atoms with Crippen LogP contribution >= 0.6 is 0 Å². The molecule has 0 saturated carbocycles. The quantitative estimate of drug-likeness (QED) is 0.0450. The maximum absolute atomic E-state index is 14.1. The lowest BCUT2D eigenvalue weighted by Gasteiger charge is -2.26. The first kappa shape index (κ1) is 52.3. The fraction of sp³-hybridized carbons (Fsp3) is 0.489. The monoisotopic (exact) mass is 935 g/mol. The van der Waals surface area contributed by atoms with Gasteiger partial charge in [-0.25, -0.2) is 22.7 Å². The van der Waals surface area contributed by atoms with Crippen LogP contribution in [0.4, 0.5) is 4.79 Å². The Balaban J connectivity index is 1.52. The van der Waals surface area contributed by atoms with Gasteiger partial charge >= 0.3 is 12.1 Å². The fourth-order valence-electron chi connectivity index (χ4n) is 7.44. The molecule has 0 saturated heterocycles. The minimum Gasteiger partial charge on any atom is -0.494 e. The molecule has 3 aromatic carbocycles. The molecule has 0 bridgehead atoms. The van der Waals surface area contributed by atoms with E-state index < -0.39 is 81.1 Å². The number of benzene rings is 3. The van der Waals surface area contributed by atoms with Gasteiger partial charge in [0.05, 0.1) is 11.5 Å². The van der Waals surface area contributed by atoms with Crippen LogP contribution in [0, 0.1) is 26.2 Å². The minimum absolute atomic E-state index is 0.0146. The van der Waals surface area contributed by atoms with E-state index in [1.165, 1.54) is 6.92 Å². The molecular formula is C47H65N7O11S. The van der Waals surface area contributed by atoms with Gasteiger partial charge in [0.2, 0.25) is 23.7 Å². The van der Waals surface area contributed by atoms with Gasteiger partial charge in [0.15, 0.2) is 0 Å². The number of hydrogen-bond acceptors (Lipinski definition) is 11. The Labute approximate surface area is 387 Å². The second-order valence-corrected chi connectivity index (χ2v) is 19.6. The zero-order chi connectivity index (χ0) is 49.1. The molecule has 0 fully saturated rings. The third kappa shape index (κ3) is 14.8. The summed E-state index contributed by atoms with van der Waals surface area (Å²) >= 11 is 0. The number of aliphatic carboxylic acids is 1. The van der Waals surface area contributed by atoms with Crippen molar-refractivity contribution >= 4 is 45.8 Å². The van der Waals surface area contributed by atoms with E-state index >= 15 is 0 Å². The highest BCUT2D eigenvalue weighted by Crippen LogP contribution is 2.43. The van der Waals surface area contributed by atoms with Crippen molar-refractivity contribution in [1.82, 2.24) is 31.3 Å². The van der Waals surface area contributed by atoms with E-state index in [9.17, 15) is 37.5 Å². The molecular weight excluding hydrogens is 871 g/mol. The third-order valence-electron chi connectivity index (χ3n) is 10.7. The van der Waals surface area contributed by atoms with Crippen molar-refractivity contribution in [2.24, 2.45) is 0 Å². The average Bonchev–Trinajstić information content (AvgIpc) is 3.56. The molecule has 4 amide bonds. The van der Waals surface area contributed by atoms with Crippen LogP contribution in [0.2, 0.25) is 0 Å². The molecule has 1 aliphatic rings. The maximum atomic E-state index is 14.1. The number of fused-ring (bicyclic) bond motifs is 1. The number of alkyl carbamates (subject to hydrolysis) is 1. The number of carbonyl (C=O) groups is 5. The summed E-state index contributed by atoms with van der Waals surface area (Å²) in [6.07, 6.45) is -0.406. The summed E-state index contributed by atoms with van der Waals surface area (Å²) in [6.45, 7) is 17.7. The van der Waals surface area contributed by atoms with Gasteiger partial charge in [-0.1, -0.05) is 42.5 Å². The minimum atomic E-state index is -4.24. The molecule has 0 aromatic heterocycles. The predicted molar refractivity (Wildman–Crippen MR) is 248 cm³/mol. The first-order valence-electron chi connectivity index (χ1n) is 21.9. The van der Waals surface area contributed by atoms with Crippen molar-refractivity contribution < 1.29 is 51.7 Å². The van der Waals surface area contributed by atoms with Crippen LogP contribution in [0.3, 0.4) is 0 Å². The number of amides is 4. The van der Waals surface area contributed by atoms with Crippen LogP contribution in [0.25, 0.3) is 0 Å². The number of sulfonamides is 1. The molecule has 360 valence electrons. The van der Waals surface area contributed by atoms with Gasteiger partial charge in [0, 0.05) is 31.4 Å². The van der Waals surface area contributed by atoms with E-state index in [1.807, 2.05) is 20.8 Å². The van der Waals surface area contributed by atoms with Crippen molar-refractivity contribution in [3.63, 3.8) is 0 Å². The SMILES string of the molecule is CCOc1ccc(C[C@H](NC(=O)OC(C)(C)C)C(=O)N[C@@H](CCCNC(=N)NS(=O)(=O)c2c(C)c(C)c3c(c2C)CC(C)(C)O3)C(=O)N[C@@H](C)C(=O)N[C@@H](Cc2ccccc2)C(=O)O)cc1. The number of rotatable bonds is 20. The van der Waals surface area contributed by atoms with E-state index in [-0.39, 0.29) is 37.1 Å². The highest BCUT2D eigenvalue weighted by Gasteiger charge is 2.37. The standard InChI is InChI=1S/C47H65N7O11S/c1-11-63-33-21-19-32(20-22-33)24-36(53-45(60)65-46(6,7)8)42(57)51-35(41(56)50-30(5)40(55)52-37(43(58)59)25-31-16-13-12-14-17-31)18-15-23-49-44(48)54-66(61,62)39-28(3)27(2)38-34(29(39)4)26-47(9,10)64-38/h12-14,16-17,19-22,30,35-37H,11,15,18,23-26H2,1-10H3,(H,50,56)(H,51,57)(H,52,55)(H,53,60)(H,58,59)(H3,48,49,54)/t30-,35-,36-,37-/m0/s1. The number of hydrogen-bond donors (Lipinski definition) is 8. The number of carboxylic acids is 1. The van der Waals surface area contributed by atoms with Gasteiger partial charge < -0.3 is 45.9 Å². The van der Waals surface area contributed by atoms with Crippen LogP contribution in [0.5, 0.6) is 11.5 Å². The summed E-state index contributed by atoms with van der Waals surface area (Å²) in [7, 11) is -4.24. The predicted octanol–water partition coefficient (Wildman–Crippen LogP) is 4.24. The molecule has 0 spiro atoms. The van der Waals surface area contributed by atoms with Crippen LogP contribution in [0.15, 0.2) is 59.5 Å². The van der Waals surface area contributed by atoms with Gasteiger partial charge in [-0.05, 0) is 122 Å². The van der Waals surface area contributed by atoms with Crippen LogP contribution in [0.1, 0.15) is 94.7 Å². The van der Waals surface area contributed by atoms with Gasteiger partial charge in [0.1, 0.15) is 46.9 Å². The Bertz CT molecular complexity index is 2370. The summed E-state index contributed by atoms with van der Waals surface area (Å²) in [5.41, 5.74) is 2.41. The molecule has 1 aliphatic heterocycles. The normalized spacial score (nSPS) is 14.8. The Morgan fingerprint density at radius 1 is 0.818 bits per heavy atom. The number of ether oxygens (including phenoxy) is 3. The van der Waals surface area contributed by atoms with Crippen molar-refractivity contribution in [2.45, 2.75) is 142 Å². The molecule has 66 heavy (non-hydrogen) atoms. The average molecular weight is 936 g/mol. The molecule has 1 heterocycles. The van der Waals surface area contributed by atoms with E-state index in [0.29, 0.717) is 52.3 Å². The number of carbonyl (C=O) groups excluding carboxylic acids is 4. The van der Waals surface area contributed by atoms with Gasteiger partial charge in [-0.15, -0.1) is 0 Å². The highest BCUT2D eigenvalue weighted by atomic mass is 32.2. The molecule has 0 radical (unpaired) electrons. The molecule has 18 nitrogen and oxygen atoms in total. The Kier molecular flexibility index (Phi) is 17.6. The van der Waals surface area contributed by atoms with Crippen molar-refractivity contribution in [2.75, 3.05) is 13.2 Å². The molecule has 4 atom stereocenters. The van der Waals surface area contributed by atoms with E-state index in [1.54, 1.807) is 96.1 Å². The smallest absolute Gasteiger partial charge is 0.408 e. The highest BCUT2D eigenvalue weighted by molar-refractivity contribution is 7.90. The number of guanidine groups is 1. The first-order valence-corrected chi connectivity index (χ1v) is 23.3. The second-order valence-electron chi connectivity index (χ2n) is 18.0. The molecule has 4 rings (SSSR count). The lowest BCUT2D eigenvalue weighted by atomic mass is 9.94. The topological polar surface area (TPSA) is 263 Å². The fourth-order valence-corrected chi connectivity index (χ4v) is 8.96. The summed E-state index contributed by atoms with van der Waals surface area (Å²) in [5.74, 6) is -2.91. The Morgan fingerprint density at radius 2 is 1.41 bits per heavy atom. The van der Waals surface area contributed by atoms with E-state index in [4.69, 9.17) is 19.6 Å². The lowest BCUT2D eigenvalue weighted by Crippen LogP contribution is -2.57. The van der Waals surface area contributed by atoms with E-state index in [2.05, 4.69) is 31.3 Å². The molecule has 8 N–H and O–H groups in total. The van der Waals surface area contributed by atoms with Gasteiger partial charge in [0.25, 0.3) is 10.0 Å². The summed E-state index contributed by atoms with van der Waals surface area (Å²) in [5, 5.41) is 31.4. The lowest BCUT2D eigenvalue weighted by molar-refractivity contribution is -0.142. The van der Waals surface area contributed by atoms with Crippen molar-refractivity contribution in [3.8, 4) is 11.5 Å². The van der Waals surface area contributed by atoms with Crippen LogP contribution in [-0.4, -0.2) is 97.8 Å². The van der Waals surface area contributed by atoms with Crippen LogP contribution < -0.4 is 40.8 Å². The zero-order valence-corrected chi connectivity index (χ0v) is 40.2. The first-order chi connectivity index (χ1) is 30.8. The van der Waals surface area contributed by atoms with Gasteiger partial charge in [-0.2, -0.15) is 0 Å². The molecule has 3 aromatic rings. The van der Waals surface area contributed by atoms with Crippen molar-refractivity contribution in [1.29, 1.82) is 5.41 Å². The molecule has 0 aliphatic carbocycles. The summed E-state index contributed by atoms with van der Waals surface area (Å²) in [6, 6.07) is 10.4. The molecule has 19 heteroatoms. The third-order valence-corrected chi connectivity index (χ3v) is 12.4. The summed E-state index contributed by atoms with van der Waals surface area (Å²) in [4.78, 5) is 66.5. The Hall–Kier alpha value is -6.37. The van der Waals surface area contributed by atoms with Gasteiger partial charge in [-0.3, -0.25) is 19.8 Å². The summed E-state index contributed by atoms with van der Waals surface area (Å²) < 4.78 is 46.9. The second kappa shape index (κ2) is 22.2. The van der Waals surface area contributed by atoms with Crippen molar-refractivity contribution in [3.05, 3.63) is 88.0 Å².